The van der Waals surface area contributed by atoms with Crippen molar-refractivity contribution >= 4 is 22.5 Å². The van der Waals surface area contributed by atoms with Crippen LogP contribution in [0.25, 0.3) is 10.9 Å². The standard InChI is InChI=1S/C20H14ClN3O2/c1-24-15-8-3-2-7-13(15)18-17(20(24)25)16(14(10-22)19(23)26-18)11-5-4-6-12(21)9-11/h2-9,16H,23H2,1H3/t16-/m0/s1. The molecule has 0 radical (unpaired) electrons. The van der Waals surface area contributed by atoms with Gasteiger partial charge in [-0.25, -0.2) is 0 Å². The Morgan fingerprint density at radius 1 is 1.23 bits per heavy atom. The minimum Gasteiger partial charge on any atom is -0.439 e. The van der Waals surface area contributed by atoms with Gasteiger partial charge in [0.2, 0.25) is 5.88 Å². The summed E-state index contributed by atoms with van der Waals surface area (Å²) >= 11 is 6.14. The van der Waals surface area contributed by atoms with E-state index in [0.717, 1.165) is 10.9 Å². The number of rotatable bonds is 1. The first kappa shape index (κ1) is 16.2. The summed E-state index contributed by atoms with van der Waals surface area (Å²) in [5, 5.41) is 10.9. The number of fused-ring (bicyclic) bond motifs is 3. The number of ether oxygens (including phenoxy) is 1. The fourth-order valence-corrected chi connectivity index (χ4v) is 3.64. The number of hydrogen-bond acceptors (Lipinski definition) is 4. The lowest BCUT2D eigenvalue weighted by molar-refractivity contribution is 0.396. The number of pyridine rings is 1. The van der Waals surface area contributed by atoms with Gasteiger partial charge in [0.05, 0.1) is 17.0 Å². The second-order valence-electron chi connectivity index (χ2n) is 6.10. The van der Waals surface area contributed by atoms with Gasteiger partial charge in [-0.15, -0.1) is 0 Å². The highest BCUT2D eigenvalue weighted by atomic mass is 35.5. The van der Waals surface area contributed by atoms with Crippen LogP contribution in [0.4, 0.5) is 0 Å². The normalized spacial score (nSPS) is 16.1. The third-order valence-corrected chi connectivity index (χ3v) is 4.88. The Labute approximate surface area is 154 Å². The van der Waals surface area contributed by atoms with Crippen molar-refractivity contribution in [3.63, 3.8) is 0 Å². The van der Waals surface area contributed by atoms with E-state index in [9.17, 15) is 10.1 Å². The van der Waals surface area contributed by atoms with Gasteiger partial charge >= 0.3 is 0 Å². The average molecular weight is 364 g/mol. The molecule has 1 aliphatic rings. The summed E-state index contributed by atoms with van der Waals surface area (Å²) in [6.07, 6.45) is 0. The molecule has 0 bridgehead atoms. The minimum atomic E-state index is -0.634. The zero-order valence-electron chi connectivity index (χ0n) is 13.9. The van der Waals surface area contributed by atoms with E-state index in [1.165, 1.54) is 0 Å². The molecule has 0 unspecified atom stereocenters. The topological polar surface area (TPSA) is 81.0 Å². The number of nitriles is 1. The van der Waals surface area contributed by atoms with Crippen LogP contribution >= 0.6 is 11.6 Å². The molecule has 4 rings (SSSR count). The van der Waals surface area contributed by atoms with E-state index < -0.39 is 5.92 Å². The predicted octanol–water partition coefficient (Wildman–Crippen LogP) is 3.41. The molecule has 0 aliphatic carbocycles. The van der Waals surface area contributed by atoms with Gasteiger partial charge in [0, 0.05) is 17.5 Å². The summed E-state index contributed by atoms with van der Waals surface area (Å²) in [5.41, 5.74) is 7.85. The predicted molar refractivity (Wildman–Crippen MR) is 99.9 cm³/mol. The molecule has 1 atom stereocenters. The van der Waals surface area contributed by atoms with E-state index in [1.54, 1.807) is 29.8 Å². The molecule has 2 heterocycles. The third kappa shape index (κ3) is 2.27. The summed E-state index contributed by atoms with van der Waals surface area (Å²) in [5.74, 6) is -0.237. The highest BCUT2D eigenvalue weighted by molar-refractivity contribution is 6.30. The monoisotopic (exact) mass is 363 g/mol. The average Bonchev–Trinajstić information content (AvgIpc) is 2.65. The second kappa shape index (κ2) is 5.94. The van der Waals surface area contributed by atoms with Crippen LogP contribution in [-0.4, -0.2) is 4.57 Å². The number of para-hydroxylation sites is 1. The van der Waals surface area contributed by atoms with Crippen LogP contribution in [0, 0.1) is 11.3 Å². The van der Waals surface area contributed by atoms with Crippen LogP contribution in [-0.2, 0) is 7.05 Å². The van der Waals surface area contributed by atoms with Gasteiger partial charge < -0.3 is 15.0 Å². The van der Waals surface area contributed by atoms with Crippen LogP contribution in [0.2, 0.25) is 5.02 Å². The molecule has 0 saturated heterocycles. The van der Waals surface area contributed by atoms with Crippen molar-refractivity contribution in [3.05, 3.63) is 86.5 Å². The van der Waals surface area contributed by atoms with Gasteiger partial charge in [-0.05, 0) is 29.8 Å². The second-order valence-corrected chi connectivity index (χ2v) is 6.54. The van der Waals surface area contributed by atoms with E-state index in [-0.39, 0.29) is 17.0 Å². The molecule has 0 saturated carbocycles. The number of nitrogens with two attached hydrogens (primary N) is 1. The molecule has 0 amide bonds. The number of nitrogens with zero attached hydrogens (tertiary/aromatic N) is 2. The van der Waals surface area contributed by atoms with Crippen LogP contribution in [0.15, 0.2) is 64.8 Å². The lowest BCUT2D eigenvalue weighted by Crippen LogP contribution is -2.31. The third-order valence-electron chi connectivity index (χ3n) is 4.65. The molecule has 0 spiro atoms. The van der Waals surface area contributed by atoms with Crippen molar-refractivity contribution in [2.45, 2.75) is 5.92 Å². The number of halogens is 1. The number of allylic oxidation sites excluding steroid dienone is 1. The molecule has 0 fully saturated rings. The Balaban J connectivity index is 2.14. The van der Waals surface area contributed by atoms with Crippen LogP contribution < -0.4 is 16.0 Å². The van der Waals surface area contributed by atoms with Crippen molar-refractivity contribution in [3.8, 4) is 11.8 Å². The molecule has 26 heavy (non-hydrogen) atoms. The Morgan fingerprint density at radius 2 is 2.00 bits per heavy atom. The van der Waals surface area contributed by atoms with Crippen LogP contribution in [0.5, 0.6) is 5.75 Å². The van der Waals surface area contributed by atoms with Crippen LogP contribution in [0.1, 0.15) is 17.0 Å². The summed E-state index contributed by atoms with van der Waals surface area (Å²) < 4.78 is 7.32. The van der Waals surface area contributed by atoms with E-state index in [2.05, 4.69) is 6.07 Å². The molecule has 3 aromatic rings. The number of benzene rings is 2. The summed E-state index contributed by atoms with van der Waals surface area (Å²) in [4.78, 5) is 13.1. The van der Waals surface area contributed by atoms with Crippen molar-refractivity contribution in [2.24, 2.45) is 12.8 Å². The lowest BCUT2D eigenvalue weighted by atomic mass is 9.83. The van der Waals surface area contributed by atoms with Crippen molar-refractivity contribution in [1.29, 1.82) is 5.26 Å². The Kier molecular flexibility index (Phi) is 3.71. The molecule has 128 valence electrons. The SMILES string of the molecule is Cn1c(=O)c2c(c3ccccc31)OC(N)=C(C#N)[C@@H]2c1cccc(Cl)c1. The maximum absolute atomic E-state index is 13.1. The van der Waals surface area contributed by atoms with E-state index in [1.807, 2.05) is 30.3 Å². The maximum atomic E-state index is 13.1. The maximum Gasteiger partial charge on any atom is 0.258 e. The number of aryl methyl sites for hydroxylation is 1. The first-order valence-corrected chi connectivity index (χ1v) is 8.35. The molecule has 2 aromatic carbocycles. The Morgan fingerprint density at radius 3 is 2.73 bits per heavy atom. The molecule has 2 N–H and O–H groups in total. The van der Waals surface area contributed by atoms with Gasteiger partial charge in [0.1, 0.15) is 17.4 Å². The Hall–Kier alpha value is -3.23. The highest BCUT2D eigenvalue weighted by Crippen LogP contribution is 2.43. The fraction of sp³-hybridized carbons (Fsp3) is 0.100. The highest BCUT2D eigenvalue weighted by Gasteiger charge is 2.35. The van der Waals surface area contributed by atoms with Gasteiger partial charge in [-0.2, -0.15) is 5.26 Å². The first-order valence-electron chi connectivity index (χ1n) is 7.97. The van der Waals surface area contributed by atoms with Crippen molar-refractivity contribution < 1.29 is 4.74 Å². The molecular weight excluding hydrogens is 350 g/mol. The smallest absolute Gasteiger partial charge is 0.258 e. The molecule has 5 nitrogen and oxygen atoms in total. The van der Waals surface area contributed by atoms with Gasteiger partial charge in [-0.3, -0.25) is 4.79 Å². The quantitative estimate of drug-likeness (QED) is 0.718. The number of hydrogen-bond donors (Lipinski definition) is 1. The van der Waals surface area contributed by atoms with Crippen molar-refractivity contribution in [1.82, 2.24) is 4.57 Å². The zero-order valence-corrected chi connectivity index (χ0v) is 14.6. The molecule has 1 aliphatic heterocycles. The van der Waals surface area contributed by atoms with Gasteiger partial charge in [0.25, 0.3) is 5.56 Å². The van der Waals surface area contributed by atoms with Crippen molar-refractivity contribution in [2.75, 3.05) is 0 Å². The number of aromatic nitrogens is 1. The largest absolute Gasteiger partial charge is 0.439 e. The van der Waals surface area contributed by atoms with E-state index >= 15 is 0 Å². The van der Waals surface area contributed by atoms with Crippen LogP contribution in [0.3, 0.4) is 0 Å². The molecule has 6 heteroatoms. The molecule has 1 aromatic heterocycles. The zero-order chi connectivity index (χ0) is 18.4. The first-order chi connectivity index (χ1) is 12.5. The summed E-state index contributed by atoms with van der Waals surface area (Å²) in [6.45, 7) is 0. The fourth-order valence-electron chi connectivity index (χ4n) is 3.45. The van der Waals surface area contributed by atoms with E-state index in [0.29, 0.717) is 21.9 Å². The Bertz CT molecular complexity index is 1190. The summed E-state index contributed by atoms with van der Waals surface area (Å²) in [6, 6.07) is 16.6. The lowest BCUT2D eigenvalue weighted by Gasteiger charge is -2.27. The minimum absolute atomic E-state index is 0.00313. The molecular formula is C20H14ClN3O2. The van der Waals surface area contributed by atoms with Gasteiger partial charge in [0.15, 0.2) is 0 Å². The van der Waals surface area contributed by atoms with E-state index in [4.69, 9.17) is 22.1 Å². The summed E-state index contributed by atoms with van der Waals surface area (Å²) in [7, 11) is 1.70. The van der Waals surface area contributed by atoms with Gasteiger partial charge in [-0.1, -0.05) is 35.9 Å².